The van der Waals surface area contributed by atoms with Crippen LogP contribution in [0.1, 0.15) is 33.1 Å². The molecule has 2 rings (SSSR count). The molecule has 0 aromatic rings. The minimum absolute atomic E-state index is 0.0324. The maximum absolute atomic E-state index is 13.1. The Bertz CT molecular complexity index is 758. The molecule has 0 aliphatic carbocycles. The van der Waals surface area contributed by atoms with E-state index in [1.54, 1.807) is 0 Å². The monoisotopic (exact) mass is 457 g/mol. The largest absolute Gasteiger partial charge is 0.465 e. The predicted octanol–water partition coefficient (Wildman–Crippen LogP) is -2.81. The van der Waals surface area contributed by atoms with Crippen LogP contribution in [0.2, 0.25) is 0 Å². The molecule has 5 amide bonds. The number of rotatable bonds is 8. The minimum atomic E-state index is -1.45. The summed E-state index contributed by atoms with van der Waals surface area (Å²) in [5.74, 6) is -3.03. The summed E-state index contributed by atoms with van der Waals surface area (Å²) < 4.78 is 0. The van der Waals surface area contributed by atoms with Gasteiger partial charge in [0.25, 0.3) is 0 Å². The fraction of sp³-hybridized carbons (Fsp3) is 0.737. The van der Waals surface area contributed by atoms with Gasteiger partial charge in [-0.3, -0.25) is 19.2 Å². The highest BCUT2D eigenvalue weighted by Crippen LogP contribution is 2.25. The molecule has 180 valence electrons. The normalized spacial score (nSPS) is 24.4. The van der Waals surface area contributed by atoms with Crippen molar-refractivity contribution < 1.29 is 39.3 Å². The van der Waals surface area contributed by atoms with Crippen molar-refractivity contribution in [1.29, 1.82) is 0 Å². The minimum Gasteiger partial charge on any atom is -0.465 e. The first-order valence-electron chi connectivity index (χ1n) is 10.5. The van der Waals surface area contributed by atoms with Crippen molar-refractivity contribution >= 4 is 29.7 Å². The molecule has 13 heteroatoms. The third kappa shape index (κ3) is 5.85. The van der Waals surface area contributed by atoms with Gasteiger partial charge in [-0.15, -0.1) is 0 Å². The van der Waals surface area contributed by atoms with E-state index in [2.05, 4.69) is 5.32 Å². The van der Waals surface area contributed by atoms with E-state index < -0.39 is 60.1 Å². The first-order valence-corrected chi connectivity index (χ1v) is 10.5. The standard InChI is InChI=1S/C19H31N5O8/c1-9(25)13(15(20)27)21-16(28)12-4-3-6-24(12)17(29)11-5-7-23(8-11)18(30)14(10(2)26)22-19(31)32/h9-14,22,25-26H,3-8H2,1-2H3,(H2,20,27)(H,21,28)(H,31,32)/t9-,10-,11-,12+,13+,14+/m1/s1. The molecule has 2 aliphatic heterocycles. The number of aliphatic hydroxyl groups excluding tert-OH is 2. The highest BCUT2D eigenvalue weighted by atomic mass is 16.4. The summed E-state index contributed by atoms with van der Waals surface area (Å²) in [6.45, 7) is 3.17. The lowest BCUT2D eigenvalue weighted by atomic mass is 10.1. The number of carbonyl (C=O) groups excluding carboxylic acids is 4. The van der Waals surface area contributed by atoms with E-state index in [0.717, 1.165) is 0 Å². The lowest BCUT2D eigenvalue weighted by Crippen LogP contribution is -2.56. The van der Waals surface area contributed by atoms with Crippen molar-refractivity contribution in [2.75, 3.05) is 19.6 Å². The van der Waals surface area contributed by atoms with Crippen LogP contribution >= 0.6 is 0 Å². The third-order valence-electron chi connectivity index (χ3n) is 5.80. The first-order chi connectivity index (χ1) is 14.9. The summed E-state index contributed by atoms with van der Waals surface area (Å²) in [6, 6.07) is -3.46. The van der Waals surface area contributed by atoms with Crippen molar-refractivity contribution in [2.45, 2.75) is 63.4 Å². The summed E-state index contributed by atoms with van der Waals surface area (Å²) in [5.41, 5.74) is 5.21. The molecule has 32 heavy (non-hydrogen) atoms. The number of hydrogen-bond donors (Lipinski definition) is 6. The maximum atomic E-state index is 13.1. The molecule has 13 nitrogen and oxygen atoms in total. The number of nitrogens with two attached hydrogens (primary N) is 1. The molecule has 0 aromatic heterocycles. The zero-order chi connectivity index (χ0) is 24.2. The van der Waals surface area contributed by atoms with Gasteiger partial charge < -0.3 is 41.5 Å². The molecule has 0 saturated carbocycles. The van der Waals surface area contributed by atoms with E-state index in [0.29, 0.717) is 25.8 Å². The van der Waals surface area contributed by atoms with Gasteiger partial charge in [-0.2, -0.15) is 0 Å². The SMILES string of the molecule is C[C@@H](O)[C@H](NC(=O)[C@@H]1CCCN1C(=O)[C@@H]1CCN(C(=O)[C@@H](NC(=O)O)[C@@H](C)O)C1)C(N)=O. The third-order valence-corrected chi connectivity index (χ3v) is 5.80. The Morgan fingerprint density at radius 3 is 2.12 bits per heavy atom. The Kier molecular flexibility index (Phi) is 8.38. The smallest absolute Gasteiger partial charge is 0.405 e. The lowest BCUT2D eigenvalue weighted by molar-refractivity contribution is -0.142. The van der Waals surface area contributed by atoms with Crippen LogP contribution in [0, 0.1) is 5.92 Å². The second-order valence-corrected chi connectivity index (χ2v) is 8.26. The number of aliphatic hydroxyl groups is 2. The van der Waals surface area contributed by atoms with Gasteiger partial charge in [0.15, 0.2) is 0 Å². The zero-order valence-corrected chi connectivity index (χ0v) is 18.1. The number of hydrogen-bond acceptors (Lipinski definition) is 7. The molecule has 7 N–H and O–H groups in total. The number of amides is 5. The Labute approximate surface area is 184 Å². The van der Waals surface area contributed by atoms with Crippen LogP contribution in [0.3, 0.4) is 0 Å². The van der Waals surface area contributed by atoms with Crippen LogP contribution in [0.5, 0.6) is 0 Å². The summed E-state index contributed by atoms with van der Waals surface area (Å²) in [6.07, 6.45) is -2.63. The molecule has 0 aromatic carbocycles. The highest BCUT2D eigenvalue weighted by molar-refractivity contribution is 5.93. The highest BCUT2D eigenvalue weighted by Gasteiger charge is 2.42. The number of carbonyl (C=O) groups is 5. The Hall–Kier alpha value is -2.93. The van der Waals surface area contributed by atoms with E-state index in [1.807, 2.05) is 5.32 Å². The number of nitrogens with one attached hydrogen (secondary N) is 2. The van der Waals surface area contributed by atoms with Gasteiger partial charge in [0.1, 0.15) is 18.1 Å². The second kappa shape index (κ2) is 10.6. The molecular formula is C19H31N5O8. The molecule has 6 atom stereocenters. The van der Waals surface area contributed by atoms with Crippen LogP contribution in [0.4, 0.5) is 4.79 Å². The number of primary amides is 1. The molecule has 2 saturated heterocycles. The molecule has 0 spiro atoms. The Morgan fingerprint density at radius 1 is 0.969 bits per heavy atom. The van der Waals surface area contributed by atoms with Gasteiger partial charge in [-0.05, 0) is 33.1 Å². The number of likely N-dealkylation sites (tertiary alicyclic amines) is 2. The van der Waals surface area contributed by atoms with Gasteiger partial charge in [0.05, 0.1) is 18.1 Å². The summed E-state index contributed by atoms with van der Waals surface area (Å²) >= 11 is 0. The van der Waals surface area contributed by atoms with E-state index in [-0.39, 0.29) is 19.0 Å². The number of nitrogens with zero attached hydrogens (tertiary/aromatic N) is 2. The molecule has 2 aliphatic rings. The first kappa shape index (κ1) is 25.3. The lowest BCUT2D eigenvalue weighted by Gasteiger charge is -2.29. The van der Waals surface area contributed by atoms with Gasteiger partial charge in [-0.25, -0.2) is 4.79 Å². The van der Waals surface area contributed by atoms with Gasteiger partial charge in [0, 0.05) is 19.6 Å². The van der Waals surface area contributed by atoms with Crippen molar-refractivity contribution in [3.63, 3.8) is 0 Å². The van der Waals surface area contributed by atoms with Gasteiger partial charge in [0.2, 0.25) is 23.6 Å². The van der Waals surface area contributed by atoms with Crippen molar-refractivity contribution in [3.8, 4) is 0 Å². The summed E-state index contributed by atoms with van der Waals surface area (Å²) in [4.78, 5) is 63.4. The molecule has 0 radical (unpaired) electrons. The summed E-state index contributed by atoms with van der Waals surface area (Å²) in [7, 11) is 0. The zero-order valence-electron chi connectivity index (χ0n) is 18.1. The van der Waals surface area contributed by atoms with Crippen molar-refractivity contribution in [2.24, 2.45) is 11.7 Å². The maximum Gasteiger partial charge on any atom is 0.405 e. The molecule has 2 heterocycles. The fourth-order valence-corrected chi connectivity index (χ4v) is 4.10. The van der Waals surface area contributed by atoms with Gasteiger partial charge in [-0.1, -0.05) is 0 Å². The summed E-state index contributed by atoms with van der Waals surface area (Å²) in [5, 5.41) is 32.6. The van der Waals surface area contributed by atoms with E-state index in [9.17, 15) is 34.2 Å². The molecule has 0 unspecified atom stereocenters. The topological polar surface area (TPSA) is 203 Å². The second-order valence-electron chi connectivity index (χ2n) is 8.26. The van der Waals surface area contributed by atoms with Crippen LogP contribution in [0.25, 0.3) is 0 Å². The van der Waals surface area contributed by atoms with Crippen LogP contribution in [-0.4, -0.2) is 105 Å². The van der Waals surface area contributed by atoms with Crippen LogP contribution < -0.4 is 16.4 Å². The average Bonchev–Trinajstić information content (AvgIpc) is 3.38. The van der Waals surface area contributed by atoms with Gasteiger partial charge >= 0.3 is 6.09 Å². The van der Waals surface area contributed by atoms with E-state index in [4.69, 9.17) is 10.8 Å². The number of carboxylic acid groups (broad SMARTS) is 1. The van der Waals surface area contributed by atoms with E-state index >= 15 is 0 Å². The fourth-order valence-electron chi connectivity index (χ4n) is 4.10. The molecule has 2 fully saturated rings. The van der Waals surface area contributed by atoms with Crippen molar-refractivity contribution in [3.05, 3.63) is 0 Å². The molecular weight excluding hydrogens is 426 g/mol. The Balaban J connectivity index is 2.03. The Morgan fingerprint density at radius 2 is 1.59 bits per heavy atom. The quantitative estimate of drug-likeness (QED) is 0.224. The average molecular weight is 457 g/mol. The van der Waals surface area contributed by atoms with E-state index in [1.165, 1.54) is 23.6 Å². The van der Waals surface area contributed by atoms with Crippen molar-refractivity contribution in [1.82, 2.24) is 20.4 Å². The van der Waals surface area contributed by atoms with Crippen LogP contribution in [0.15, 0.2) is 0 Å². The predicted molar refractivity (Wildman–Crippen MR) is 109 cm³/mol. The molecule has 0 bridgehead atoms. The van der Waals surface area contributed by atoms with Crippen LogP contribution in [-0.2, 0) is 19.2 Å².